The molecule has 0 amide bonds. The third kappa shape index (κ3) is 10.8. The maximum Gasteiger partial charge on any atom is -0.0398 e. The maximum atomic E-state index is 3.70. The highest BCUT2D eigenvalue weighted by Gasteiger charge is 1.83. The first kappa shape index (κ1) is 20.2. The van der Waals surface area contributed by atoms with E-state index in [0.717, 1.165) is 0 Å². The fourth-order valence-corrected chi connectivity index (χ4v) is 1.05. The summed E-state index contributed by atoms with van der Waals surface area (Å²) < 4.78 is 0. The van der Waals surface area contributed by atoms with Gasteiger partial charge in [0.15, 0.2) is 0 Å². The Morgan fingerprint density at radius 3 is 1.81 bits per heavy atom. The van der Waals surface area contributed by atoms with Gasteiger partial charge in [-0.2, -0.15) is 0 Å². The molecular weight excluding hydrogens is 192 g/mol. The Hall–Kier alpha value is -1.30. The van der Waals surface area contributed by atoms with Crippen molar-refractivity contribution < 1.29 is 0 Å². The largest absolute Gasteiger partial charge is 0.0988 e. The van der Waals surface area contributed by atoms with Gasteiger partial charge in [-0.1, -0.05) is 74.6 Å². The zero-order chi connectivity index (χ0) is 11.0. The summed E-state index contributed by atoms with van der Waals surface area (Å²) >= 11 is 0. The minimum atomic E-state index is 0. The van der Waals surface area contributed by atoms with Gasteiger partial charge in [-0.05, 0) is 27.7 Å². The molecule has 92 valence electrons. The fraction of sp³-hybridized carbons (Fsp3) is 0.375. The van der Waals surface area contributed by atoms with Crippen molar-refractivity contribution in [2.45, 2.75) is 42.5 Å². The quantitative estimate of drug-likeness (QED) is 0.520. The molecule has 0 aromatic heterocycles. The van der Waals surface area contributed by atoms with E-state index >= 15 is 0 Å². The van der Waals surface area contributed by atoms with Gasteiger partial charge < -0.3 is 0 Å². The van der Waals surface area contributed by atoms with Crippen molar-refractivity contribution in [3.8, 4) is 0 Å². The van der Waals surface area contributed by atoms with E-state index in [1.807, 2.05) is 26.0 Å². The summed E-state index contributed by atoms with van der Waals surface area (Å²) in [5.74, 6) is 0. The van der Waals surface area contributed by atoms with Gasteiger partial charge in [-0.15, -0.1) is 0 Å². The highest BCUT2D eigenvalue weighted by Crippen LogP contribution is 2.04. The van der Waals surface area contributed by atoms with Crippen LogP contribution < -0.4 is 0 Å². The molecule has 0 aliphatic heterocycles. The molecule has 0 saturated carbocycles. The molecule has 0 nitrogen and oxygen atoms in total. The first-order valence-electron chi connectivity index (χ1n) is 4.88. The molecule has 0 heteroatoms. The van der Waals surface area contributed by atoms with Crippen LogP contribution in [0.25, 0.3) is 0 Å². The number of hydrogen-bond acceptors (Lipinski definition) is 0. The van der Waals surface area contributed by atoms with Crippen molar-refractivity contribution in [3.05, 3.63) is 59.8 Å². The van der Waals surface area contributed by atoms with E-state index < -0.39 is 0 Å². The summed E-state index contributed by atoms with van der Waals surface area (Å²) in [6, 6.07) is 0. The zero-order valence-corrected chi connectivity index (χ0v) is 9.67. The minimum absolute atomic E-state index is 0. The molecule has 0 heterocycles. The van der Waals surface area contributed by atoms with Crippen molar-refractivity contribution in [1.29, 1.82) is 0 Å². The SMILES string of the molecule is C.C.C=C/C(C)=C/C=C(C)\C=C(C)\C=C/C. The Kier molecular flexibility index (Phi) is 14.8. The lowest BCUT2D eigenvalue weighted by molar-refractivity contribution is 1.42. The second kappa shape index (κ2) is 11.8. The Morgan fingerprint density at radius 1 is 0.875 bits per heavy atom. The standard InChI is InChI=1S/C14H20.2CH4/c1-6-8-13(4)11-14(5)10-9-12(3)7-2;;/h6-11H,2H2,1,3-5H3;2*1H4/b8-6-,12-9+,13-11+,14-10-;;. The smallest absolute Gasteiger partial charge is 0.0398 e. The highest BCUT2D eigenvalue weighted by molar-refractivity contribution is 5.31. The van der Waals surface area contributed by atoms with Crippen LogP contribution in [0.4, 0.5) is 0 Å². The van der Waals surface area contributed by atoms with Crippen molar-refractivity contribution >= 4 is 0 Å². The molecule has 0 rings (SSSR count). The molecule has 0 aromatic carbocycles. The van der Waals surface area contributed by atoms with E-state index in [0.29, 0.717) is 0 Å². The molecule has 0 unspecified atom stereocenters. The van der Waals surface area contributed by atoms with Crippen molar-refractivity contribution in [3.63, 3.8) is 0 Å². The van der Waals surface area contributed by atoms with E-state index in [1.54, 1.807) is 0 Å². The molecule has 0 aromatic rings. The van der Waals surface area contributed by atoms with Crippen LogP contribution in [0.3, 0.4) is 0 Å². The summed E-state index contributed by atoms with van der Waals surface area (Å²) in [7, 11) is 0. The maximum absolute atomic E-state index is 3.70. The van der Waals surface area contributed by atoms with Crippen LogP contribution in [0, 0.1) is 0 Å². The molecule has 0 aliphatic rings. The molecule has 0 saturated heterocycles. The Morgan fingerprint density at radius 2 is 1.38 bits per heavy atom. The molecule has 0 aliphatic carbocycles. The topological polar surface area (TPSA) is 0 Å². The summed E-state index contributed by atoms with van der Waals surface area (Å²) in [5, 5.41) is 0. The van der Waals surface area contributed by atoms with Gasteiger partial charge in [0, 0.05) is 0 Å². The second-order valence-electron chi connectivity index (χ2n) is 3.41. The van der Waals surface area contributed by atoms with Gasteiger partial charge >= 0.3 is 0 Å². The Bertz CT molecular complexity index is 296. The third-order valence-electron chi connectivity index (χ3n) is 1.82. The van der Waals surface area contributed by atoms with Crippen LogP contribution >= 0.6 is 0 Å². The summed E-state index contributed by atoms with van der Waals surface area (Å²) in [6.45, 7) is 12.0. The lowest BCUT2D eigenvalue weighted by Crippen LogP contribution is -1.73. The second-order valence-corrected chi connectivity index (χ2v) is 3.41. The van der Waals surface area contributed by atoms with Crippen LogP contribution in [0.5, 0.6) is 0 Å². The minimum Gasteiger partial charge on any atom is -0.0988 e. The van der Waals surface area contributed by atoms with Gasteiger partial charge in [0.05, 0.1) is 0 Å². The van der Waals surface area contributed by atoms with E-state index in [-0.39, 0.29) is 14.9 Å². The van der Waals surface area contributed by atoms with Gasteiger partial charge in [-0.3, -0.25) is 0 Å². The monoisotopic (exact) mass is 220 g/mol. The van der Waals surface area contributed by atoms with Gasteiger partial charge in [0.2, 0.25) is 0 Å². The number of rotatable bonds is 4. The normalized spacial score (nSPS) is 13.1. The highest BCUT2D eigenvalue weighted by atomic mass is 13.9. The van der Waals surface area contributed by atoms with Crippen molar-refractivity contribution in [2.75, 3.05) is 0 Å². The molecule has 0 bridgehead atoms. The predicted molar refractivity (Wildman–Crippen MR) is 79.7 cm³/mol. The average molecular weight is 220 g/mol. The fourth-order valence-electron chi connectivity index (χ4n) is 1.05. The third-order valence-corrected chi connectivity index (χ3v) is 1.82. The van der Waals surface area contributed by atoms with Gasteiger partial charge in [-0.25, -0.2) is 0 Å². The van der Waals surface area contributed by atoms with Crippen LogP contribution in [0.2, 0.25) is 0 Å². The van der Waals surface area contributed by atoms with Gasteiger partial charge in [0.25, 0.3) is 0 Å². The van der Waals surface area contributed by atoms with E-state index in [1.165, 1.54) is 16.7 Å². The summed E-state index contributed by atoms with van der Waals surface area (Å²) in [6.07, 6.45) is 12.3. The summed E-state index contributed by atoms with van der Waals surface area (Å²) in [4.78, 5) is 0. The van der Waals surface area contributed by atoms with Crippen molar-refractivity contribution in [2.24, 2.45) is 0 Å². The van der Waals surface area contributed by atoms with Crippen molar-refractivity contribution in [1.82, 2.24) is 0 Å². The molecule has 0 atom stereocenters. The Balaban J connectivity index is -0.000000845. The molecule has 0 spiro atoms. The molecule has 16 heavy (non-hydrogen) atoms. The van der Waals surface area contributed by atoms with E-state index in [4.69, 9.17) is 0 Å². The lowest BCUT2D eigenvalue weighted by Gasteiger charge is -1.93. The molecule has 0 N–H and O–H groups in total. The first-order chi connectivity index (χ1) is 6.60. The Labute approximate surface area is 103 Å². The zero-order valence-electron chi connectivity index (χ0n) is 9.67. The van der Waals surface area contributed by atoms with Crippen LogP contribution in [-0.4, -0.2) is 0 Å². The predicted octanol–water partition coefficient (Wildman–Crippen LogP) is 5.86. The first-order valence-corrected chi connectivity index (χ1v) is 4.88. The van der Waals surface area contributed by atoms with Crippen LogP contribution in [0.1, 0.15) is 42.5 Å². The lowest BCUT2D eigenvalue weighted by atomic mass is 10.1. The number of hydrogen-bond donors (Lipinski definition) is 0. The average Bonchev–Trinajstić information content (AvgIpc) is 2.14. The molecular formula is C16H28. The summed E-state index contributed by atoms with van der Waals surface area (Å²) in [5.41, 5.74) is 3.70. The van der Waals surface area contributed by atoms with Gasteiger partial charge in [0.1, 0.15) is 0 Å². The van der Waals surface area contributed by atoms with E-state index in [2.05, 4.69) is 44.7 Å². The van der Waals surface area contributed by atoms with E-state index in [9.17, 15) is 0 Å². The molecule has 0 radical (unpaired) electrons. The number of allylic oxidation sites excluding steroid dienone is 9. The molecule has 0 fully saturated rings. The van der Waals surface area contributed by atoms with Crippen LogP contribution in [-0.2, 0) is 0 Å². The van der Waals surface area contributed by atoms with Crippen LogP contribution in [0.15, 0.2) is 59.8 Å².